The van der Waals surface area contributed by atoms with Gasteiger partial charge in [-0.3, -0.25) is 4.57 Å². The first kappa shape index (κ1) is 24.2. The number of nitrogens with zero attached hydrogens (tertiary/aromatic N) is 5. The Kier molecular flexibility index (Phi) is 6.27. The van der Waals surface area contributed by atoms with Crippen molar-refractivity contribution < 1.29 is 48.1 Å². The molecule has 0 aliphatic carbocycles. The molecule has 1 aliphatic heterocycles. The summed E-state index contributed by atoms with van der Waals surface area (Å²) in [6, 6.07) is 0.870. The van der Waals surface area contributed by atoms with Crippen LogP contribution in [0.1, 0.15) is 28.9 Å². The molecule has 3 unspecified atom stereocenters. The van der Waals surface area contributed by atoms with Crippen molar-refractivity contribution in [2.24, 2.45) is 0 Å². The van der Waals surface area contributed by atoms with Gasteiger partial charge in [-0.05, 0) is 11.6 Å². The number of aromatic carboxylic acids is 1. The summed E-state index contributed by atoms with van der Waals surface area (Å²) >= 11 is 5.82. The molecule has 3 aromatic heterocycles. The van der Waals surface area contributed by atoms with Crippen molar-refractivity contribution >= 4 is 46.5 Å². The van der Waals surface area contributed by atoms with E-state index in [1.807, 2.05) is 0 Å². The van der Waals surface area contributed by atoms with Crippen molar-refractivity contribution in [1.82, 2.24) is 24.7 Å². The van der Waals surface area contributed by atoms with E-state index in [1.54, 1.807) is 0 Å². The number of alkyl halides is 1. The first-order valence-corrected chi connectivity index (χ1v) is 10.1. The number of aliphatic carboxylic acids is 2. The first-order valence-electron chi connectivity index (χ1n) is 9.76. The molecule has 17 heteroatoms. The molecule has 5 N–H and O–H groups in total. The highest BCUT2D eigenvalue weighted by atomic mass is 35.5. The molecule has 0 amide bonds. The third kappa shape index (κ3) is 4.45. The molecule has 0 saturated carbocycles. The first-order chi connectivity index (χ1) is 16.5. The molecule has 4 heterocycles. The molecule has 0 bridgehead atoms. The van der Waals surface area contributed by atoms with Crippen molar-refractivity contribution in [3.05, 3.63) is 29.1 Å². The predicted octanol–water partition coefficient (Wildman–Crippen LogP) is 0.541. The Hall–Kier alpha value is -3.89. The topological polar surface area (TPSA) is 226 Å². The van der Waals surface area contributed by atoms with Crippen LogP contribution in [-0.2, 0) is 25.5 Å². The van der Waals surface area contributed by atoms with Crippen LogP contribution >= 0.6 is 11.6 Å². The van der Waals surface area contributed by atoms with E-state index in [9.17, 15) is 29.0 Å². The standard InChI is InChI=1S/C18H16ClFN6O9/c19-17-23-11(21)10-12(24-17)26(5-22-10)13-8(20)1-7(34-13)4-33-18(15(29)30,16(31)32)3-6-2-9(14(27)28)25-35-6/h2,5,7-8,13H,1,3-4H2,(H,27,28)(H,29,30)(H,31,32)(H2,21,23,24). The van der Waals surface area contributed by atoms with Gasteiger partial charge in [-0.1, -0.05) is 5.16 Å². The third-order valence-corrected chi connectivity index (χ3v) is 5.40. The maximum absolute atomic E-state index is 14.8. The lowest BCUT2D eigenvalue weighted by Crippen LogP contribution is -2.52. The molecule has 3 atom stereocenters. The average Bonchev–Trinajstić information content (AvgIpc) is 3.49. The second-order valence-electron chi connectivity index (χ2n) is 7.51. The highest BCUT2D eigenvalue weighted by Crippen LogP contribution is 2.35. The fraction of sp³-hybridized carbons (Fsp3) is 0.389. The summed E-state index contributed by atoms with van der Waals surface area (Å²) in [6.07, 6.45) is -3.92. The monoisotopic (exact) mass is 514 g/mol. The molecule has 4 rings (SSSR count). The quantitative estimate of drug-likeness (QED) is 0.226. The van der Waals surface area contributed by atoms with Crippen LogP contribution in [0.25, 0.3) is 11.2 Å². The maximum Gasteiger partial charge on any atom is 0.358 e. The Balaban J connectivity index is 1.52. The molecule has 0 aromatic carbocycles. The molecule has 186 valence electrons. The van der Waals surface area contributed by atoms with E-state index in [0.717, 1.165) is 6.07 Å². The number of hydrogen-bond donors (Lipinski definition) is 4. The number of halogens is 2. The molecular weight excluding hydrogens is 499 g/mol. The summed E-state index contributed by atoms with van der Waals surface area (Å²) in [4.78, 5) is 46.5. The van der Waals surface area contributed by atoms with E-state index >= 15 is 0 Å². The van der Waals surface area contributed by atoms with Gasteiger partial charge in [-0.2, -0.15) is 9.97 Å². The number of aromatic nitrogens is 5. The lowest BCUT2D eigenvalue weighted by molar-refractivity contribution is -0.188. The zero-order valence-electron chi connectivity index (χ0n) is 17.4. The van der Waals surface area contributed by atoms with Crippen LogP contribution in [0.15, 0.2) is 16.9 Å². The largest absolute Gasteiger partial charge is 0.479 e. The van der Waals surface area contributed by atoms with Gasteiger partial charge in [-0.25, -0.2) is 23.8 Å². The van der Waals surface area contributed by atoms with Crippen LogP contribution in [-0.4, -0.2) is 82.4 Å². The Labute approximate surface area is 198 Å². The minimum atomic E-state index is -2.89. The number of carboxylic acids is 3. The van der Waals surface area contributed by atoms with E-state index in [1.165, 1.54) is 10.9 Å². The third-order valence-electron chi connectivity index (χ3n) is 5.23. The molecule has 3 aromatic rings. The maximum atomic E-state index is 14.8. The van der Waals surface area contributed by atoms with Crippen LogP contribution in [0, 0.1) is 0 Å². The number of carboxylic acid groups (broad SMARTS) is 3. The smallest absolute Gasteiger partial charge is 0.358 e. The normalized spacial score (nSPS) is 20.3. The van der Waals surface area contributed by atoms with Gasteiger partial charge in [0.05, 0.1) is 25.5 Å². The van der Waals surface area contributed by atoms with E-state index in [0.29, 0.717) is 0 Å². The van der Waals surface area contributed by atoms with Gasteiger partial charge in [0.1, 0.15) is 17.4 Å². The molecule has 0 spiro atoms. The molecule has 15 nitrogen and oxygen atoms in total. The van der Waals surface area contributed by atoms with Crippen LogP contribution in [0.2, 0.25) is 5.28 Å². The van der Waals surface area contributed by atoms with Gasteiger partial charge < -0.3 is 35.1 Å². The molecule has 1 saturated heterocycles. The van der Waals surface area contributed by atoms with Gasteiger partial charge in [0.15, 0.2) is 23.4 Å². The van der Waals surface area contributed by atoms with Gasteiger partial charge in [0, 0.05) is 12.5 Å². The lowest BCUT2D eigenvalue weighted by Gasteiger charge is -2.25. The highest BCUT2D eigenvalue weighted by molar-refractivity contribution is 6.28. The fourth-order valence-electron chi connectivity index (χ4n) is 3.54. The van der Waals surface area contributed by atoms with Crippen LogP contribution in [0.3, 0.4) is 0 Å². The SMILES string of the molecule is Nc1nc(Cl)nc2c1ncn2C1OC(COC(Cc2cc(C(=O)O)no2)(C(=O)O)C(=O)O)CC1F. The van der Waals surface area contributed by atoms with Crippen molar-refractivity contribution in [3.63, 3.8) is 0 Å². The number of rotatable bonds is 9. The van der Waals surface area contributed by atoms with Crippen molar-refractivity contribution in [3.8, 4) is 0 Å². The Morgan fingerprint density at radius 2 is 2.00 bits per heavy atom. The molecule has 35 heavy (non-hydrogen) atoms. The number of anilines is 1. The number of nitrogens with two attached hydrogens (primary N) is 1. The Bertz CT molecular complexity index is 1300. The summed E-state index contributed by atoms with van der Waals surface area (Å²) in [6.45, 7) is -0.639. The Morgan fingerprint density at radius 1 is 1.29 bits per heavy atom. The fourth-order valence-corrected chi connectivity index (χ4v) is 3.72. The molecular formula is C18H16ClFN6O9. The zero-order chi connectivity index (χ0) is 25.5. The van der Waals surface area contributed by atoms with Crippen molar-refractivity contribution in [1.29, 1.82) is 0 Å². The van der Waals surface area contributed by atoms with Crippen LogP contribution < -0.4 is 5.73 Å². The summed E-state index contributed by atoms with van der Waals surface area (Å²) in [7, 11) is 0. The second-order valence-corrected chi connectivity index (χ2v) is 7.85. The van der Waals surface area contributed by atoms with Crippen molar-refractivity contribution in [2.45, 2.75) is 36.9 Å². The minimum absolute atomic E-state index is 0.0294. The summed E-state index contributed by atoms with van der Waals surface area (Å²) in [5.74, 6) is -5.64. The number of hydrogen-bond acceptors (Lipinski definition) is 11. The van der Waals surface area contributed by atoms with Gasteiger partial charge in [0.25, 0.3) is 5.60 Å². The predicted molar refractivity (Wildman–Crippen MR) is 109 cm³/mol. The molecule has 0 radical (unpaired) electrons. The zero-order valence-corrected chi connectivity index (χ0v) is 18.1. The van der Waals surface area contributed by atoms with Gasteiger partial charge in [0.2, 0.25) is 5.28 Å². The van der Waals surface area contributed by atoms with E-state index in [4.69, 9.17) is 36.4 Å². The number of imidazole rings is 1. The van der Waals surface area contributed by atoms with E-state index in [-0.39, 0.29) is 34.4 Å². The highest BCUT2D eigenvalue weighted by Gasteiger charge is 2.51. The van der Waals surface area contributed by atoms with E-state index < -0.39 is 60.7 Å². The average molecular weight is 515 g/mol. The van der Waals surface area contributed by atoms with E-state index in [2.05, 4.69) is 20.1 Å². The van der Waals surface area contributed by atoms with Crippen LogP contribution in [0.5, 0.6) is 0 Å². The summed E-state index contributed by atoms with van der Waals surface area (Å²) in [5.41, 5.74) is 2.56. The van der Waals surface area contributed by atoms with Crippen LogP contribution in [0.4, 0.5) is 10.2 Å². The van der Waals surface area contributed by atoms with Gasteiger partial charge in [-0.15, -0.1) is 0 Å². The van der Waals surface area contributed by atoms with Gasteiger partial charge >= 0.3 is 17.9 Å². The minimum Gasteiger partial charge on any atom is -0.479 e. The molecule has 1 aliphatic rings. The summed E-state index contributed by atoms with van der Waals surface area (Å²) < 4.78 is 31.7. The number of fused-ring (bicyclic) bond motifs is 1. The lowest BCUT2D eigenvalue weighted by atomic mass is 9.97. The molecule has 1 fully saturated rings. The number of nitrogen functional groups attached to an aromatic ring is 1. The second kappa shape index (κ2) is 9.05. The van der Waals surface area contributed by atoms with Crippen molar-refractivity contribution in [2.75, 3.05) is 12.3 Å². The summed E-state index contributed by atoms with van der Waals surface area (Å²) in [5, 5.41) is 31.2. The number of ether oxygens (including phenoxy) is 2. The number of carbonyl (C=O) groups is 3. The Morgan fingerprint density at radius 3 is 2.63 bits per heavy atom.